The second-order valence-corrected chi connectivity index (χ2v) is 3.10. The molecule has 0 saturated carbocycles. The Hall–Kier alpha value is -1.03. The number of carbonyl (C=O) groups excluding carboxylic acids is 1. The van der Waals surface area contributed by atoms with E-state index in [0.717, 1.165) is 4.47 Å². The molecule has 2 N–H and O–H groups in total. The maximum absolute atomic E-state index is 10.6. The summed E-state index contributed by atoms with van der Waals surface area (Å²) in [6.07, 6.45) is 0. The maximum atomic E-state index is 10.6. The van der Waals surface area contributed by atoms with Gasteiger partial charge in [0.15, 0.2) is 5.75 Å². The first-order chi connectivity index (χ1) is 5.61. The third-order valence-corrected chi connectivity index (χ3v) is 1.96. The molecule has 4 heteroatoms. The van der Waals surface area contributed by atoms with Crippen molar-refractivity contribution in [3.05, 3.63) is 22.7 Å². The van der Waals surface area contributed by atoms with Gasteiger partial charge < -0.3 is 10.5 Å². The van der Waals surface area contributed by atoms with Gasteiger partial charge in [0.05, 0.1) is 5.69 Å². The zero-order valence-corrected chi connectivity index (χ0v) is 8.09. The summed E-state index contributed by atoms with van der Waals surface area (Å²) in [7, 11) is 0. The molecule has 0 aliphatic rings. The van der Waals surface area contributed by atoms with Crippen molar-refractivity contribution in [1.29, 1.82) is 0 Å². The van der Waals surface area contributed by atoms with Gasteiger partial charge in [0.25, 0.3) is 0 Å². The Labute approximate surface area is 78.6 Å². The normalized spacial score (nSPS) is 9.50. The van der Waals surface area contributed by atoms with E-state index in [-0.39, 0.29) is 5.97 Å². The van der Waals surface area contributed by atoms with E-state index in [9.17, 15) is 4.79 Å². The Kier molecular flexibility index (Phi) is 2.70. The highest BCUT2D eigenvalue weighted by molar-refractivity contribution is 9.10. The standard InChI is InChI=1S/C8H8BrNO2/c1-5(11)12-7-4-2-3-6(9)8(7)10/h2-4H,10H2,1H3. The highest BCUT2D eigenvalue weighted by Gasteiger charge is 2.04. The predicted octanol–water partition coefficient (Wildman–Crippen LogP) is 1.96. The van der Waals surface area contributed by atoms with E-state index in [2.05, 4.69) is 15.9 Å². The molecule has 0 bridgehead atoms. The van der Waals surface area contributed by atoms with E-state index in [1.807, 2.05) is 0 Å². The molecule has 1 rings (SSSR count). The van der Waals surface area contributed by atoms with Gasteiger partial charge >= 0.3 is 5.97 Å². The molecule has 0 aromatic heterocycles. The molecule has 0 aliphatic carbocycles. The van der Waals surface area contributed by atoms with Crippen LogP contribution >= 0.6 is 15.9 Å². The fraction of sp³-hybridized carbons (Fsp3) is 0.125. The number of nitrogens with two attached hydrogens (primary N) is 1. The molecule has 0 unspecified atom stereocenters. The summed E-state index contributed by atoms with van der Waals surface area (Å²) in [5.41, 5.74) is 6.04. The van der Waals surface area contributed by atoms with Crippen LogP contribution in [0.5, 0.6) is 5.75 Å². The van der Waals surface area contributed by atoms with Gasteiger partial charge in [-0.05, 0) is 28.1 Å². The number of carbonyl (C=O) groups is 1. The smallest absolute Gasteiger partial charge is 0.308 e. The minimum Gasteiger partial charge on any atom is -0.424 e. The lowest BCUT2D eigenvalue weighted by Crippen LogP contribution is -2.03. The largest absolute Gasteiger partial charge is 0.424 e. The van der Waals surface area contributed by atoms with Crippen molar-refractivity contribution < 1.29 is 9.53 Å². The van der Waals surface area contributed by atoms with Crippen molar-refractivity contribution in [2.75, 3.05) is 5.73 Å². The molecule has 0 aliphatic heterocycles. The summed E-state index contributed by atoms with van der Waals surface area (Å²) >= 11 is 3.22. The quantitative estimate of drug-likeness (QED) is 0.455. The second kappa shape index (κ2) is 3.58. The Balaban J connectivity index is 3.00. The number of nitrogen functional groups attached to an aromatic ring is 1. The van der Waals surface area contributed by atoms with Crippen LogP contribution in [0.2, 0.25) is 0 Å². The van der Waals surface area contributed by atoms with Gasteiger partial charge in [-0.2, -0.15) is 0 Å². The molecule has 0 atom stereocenters. The first kappa shape index (κ1) is 9.06. The maximum Gasteiger partial charge on any atom is 0.308 e. The Morgan fingerprint density at radius 2 is 2.25 bits per heavy atom. The van der Waals surface area contributed by atoms with Crippen molar-refractivity contribution in [3.63, 3.8) is 0 Å². The number of hydrogen-bond donors (Lipinski definition) is 1. The number of hydrogen-bond acceptors (Lipinski definition) is 3. The summed E-state index contributed by atoms with van der Waals surface area (Å²) in [6, 6.07) is 5.17. The highest BCUT2D eigenvalue weighted by Crippen LogP contribution is 2.29. The Bertz CT molecular complexity index is 312. The van der Waals surface area contributed by atoms with Crippen molar-refractivity contribution >= 4 is 27.6 Å². The van der Waals surface area contributed by atoms with Crippen LogP contribution in [0.3, 0.4) is 0 Å². The van der Waals surface area contributed by atoms with Gasteiger partial charge in [0.1, 0.15) is 0 Å². The number of para-hydroxylation sites is 1. The van der Waals surface area contributed by atoms with Crippen LogP contribution < -0.4 is 10.5 Å². The zero-order chi connectivity index (χ0) is 9.14. The lowest BCUT2D eigenvalue weighted by atomic mass is 10.3. The third kappa shape index (κ3) is 1.98. The Morgan fingerprint density at radius 1 is 1.58 bits per heavy atom. The number of esters is 1. The first-order valence-electron chi connectivity index (χ1n) is 3.33. The minimum atomic E-state index is -0.375. The molecule has 12 heavy (non-hydrogen) atoms. The summed E-state index contributed by atoms with van der Waals surface area (Å²) in [6.45, 7) is 1.33. The van der Waals surface area contributed by atoms with E-state index >= 15 is 0 Å². The van der Waals surface area contributed by atoms with Crippen LogP contribution in [0, 0.1) is 0 Å². The van der Waals surface area contributed by atoms with Gasteiger partial charge in [-0.1, -0.05) is 6.07 Å². The highest BCUT2D eigenvalue weighted by atomic mass is 79.9. The number of halogens is 1. The molecule has 3 nitrogen and oxygen atoms in total. The van der Waals surface area contributed by atoms with Gasteiger partial charge in [-0.15, -0.1) is 0 Å². The van der Waals surface area contributed by atoms with E-state index in [4.69, 9.17) is 10.5 Å². The van der Waals surface area contributed by atoms with Crippen LogP contribution in [-0.4, -0.2) is 5.97 Å². The van der Waals surface area contributed by atoms with Gasteiger partial charge in [-0.3, -0.25) is 4.79 Å². The first-order valence-corrected chi connectivity index (χ1v) is 4.13. The van der Waals surface area contributed by atoms with Gasteiger partial charge in [0, 0.05) is 11.4 Å². The summed E-state index contributed by atoms with van der Waals surface area (Å²) in [5.74, 6) is 0.0108. The molecule has 0 radical (unpaired) electrons. The lowest BCUT2D eigenvalue weighted by molar-refractivity contribution is -0.131. The molecule has 0 amide bonds. The predicted molar refractivity (Wildman–Crippen MR) is 49.9 cm³/mol. The van der Waals surface area contributed by atoms with E-state index in [0.29, 0.717) is 11.4 Å². The topological polar surface area (TPSA) is 52.3 Å². The van der Waals surface area contributed by atoms with Crippen LogP contribution in [0.25, 0.3) is 0 Å². The van der Waals surface area contributed by atoms with Crippen LogP contribution in [-0.2, 0) is 4.79 Å². The van der Waals surface area contributed by atoms with Crippen molar-refractivity contribution in [1.82, 2.24) is 0 Å². The average Bonchev–Trinajstić information content (AvgIpc) is 1.98. The summed E-state index contributed by atoms with van der Waals surface area (Å²) in [4.78, 5) is 10.6. The zero-order valence-electron chi connectivity index (χ0n) is 6.50. The second-order valence-electron chi connectivity index (χ2n) is 2.25. The Morgan fingerprint density at radius 3 is 2.83 bits per heavy atom. The van der Waals surface area contributed by atoms with E-state index in [1.165, 1.54) is 6.92 Å². The van der Waals surface area contributed by atoms with Crippen LogP contribution in [0.4, 0.5) is 5.69 Å². The SMILES string of the molecule is CC(=O)Oc1cccc(Br)c1N. The fourth-order valence-corrected chi connectivity index (χ4v) is 1.11. The van der Waals surface area contributed by atoms with E-state index < -0.39 is 0 Å². The lowest BCUT2D eigenvalue weighted by Gasteiger charge is -2.05. The molecular weight excluding hydrogens is 222 g/mol. The number of benzene rings is 1. The monoisotopic (exact) mass is 229 g/mol. The summed E-state index contributed by atoms with van der Waals surface area (Å²) < 4.78 is 5.56. The van der Waals surface area contributed by atoms with Crippen molar-refractivity contribution in [2.45, 2.75) is 6.92 Å². The molecule has 1 aromatic carbocycles. The third-order valence-electron chi connectivity index (χ3n) is 1.27. The molecule has 0 saturated heterocycles. The van der Waals surface area contributed by atoms with Crippen LogP contribution in [0.15, 0.2) is 22.7 Å². The number of rotatable bonds is 1. The molecule has 0 fully saturated rings. The summed E-state index contributed by atoms with van der Waals surface area (Å²) in [5, 5.41) is 0. The molecule has 64 valence electrons. The van der Waals surface area contributed by atoms with Gasteiger partial charge in [-0.25, -0.2) is 0 Å². The average molecular weight is 230 g/mol. The van der Waals surface area contributed by atoms with Crippen LogP contribution in [0.1, 0.15) is 6.92 Å². The number of anilines is 1. The molecule has 1 aromatic rings. The minimum absolute atomic E-state index is 0.375. The van der Waals surface area contributed by atoms with E-state index in [1.54, 1.807) is 18.2 Å². The fourth-order valence-electron chi connectivity index (χ4n) is 0.761. The van der Waals surface area contributed by atoms with Crippen molar-refractivity contribution in [2.24, 2.45) is 0 Å². The molecule has 0 heterocycles. The molecule has 0 spiro atoms. The molecular formula is C8H8BrNO2. The number of ether oxygens (including phenoxy) is 1. The van der Waals surface area contributed by atoms with Crippen molar-refractivity contribution in [3.8, 4) is 5.75 Å². The van der Waals surface area contributed by atoms with Gasteiger partial charge in [0.2, 0.25) is 0 Å².